The number of rotatable bonds is 4. The van der Waals surface area contributed by atoms with Crippen LogP contribution in [-0.2, 0) is 6.42 Å². The number of piperidine rings is 1. The molecular formula is C17H25FN2. The van der Waals surface area contributed by atoms with Crippen molar-refractivity contribution in [2.45, 2.75) is 57.2 Å². The second-order valence-corrected chi connectivity index (χ2v) is 6.46. The highest BCUT2D eigenvalue weighted by atomic mass is 19.1. The van der Waals surface area contributed by atoms with Crippen molar-refractivity contribution in [3.05, 3.63) is 35.6 Å². The molecule has 3 heteroatoms. The maximum atomic E-state index is 13.2. The van der Waals surface area contributed by atoms with Crippen molar-refractivity contribution < 1.29 is 4.39 Å². The van der Waals surface area contributed by atoms with Crippen molar-refractivity contribution in [2.75, 3.05) is 13.1 Å². The number of halogens is 1. The topological polar surface area (TPSA) is 15.3 Å². The summed E-state index contributed by atoms with van der Waals surface area (Å²) in [5, 5.41) is 3.75. The molecule has 0 amide bonds. The molecule has 1 aromatic carbocycles. The standard InChI is InChI=1S/C17H25FN2/c1-13(10-14-4-2-5-15(18)11-14)19-16-7-9-20-8-3-6-17(20)12-16/h2,4-5,11,13,16-17,19H,3,6-10,12H2,1H3. The summed E-state index contributed by atoms with van der Waals surface area (Å²) in [4.78, 5) is 2.65. The fraction of sp³-hybridized carbons (Fsp3) is 0.647. The van der Waals surface area contributed by atoms with E-state index in [9.17, 15) is 4.39 Å². The summed E-state index contributed by atoms with van der Waals surface area (Å²) in [5.74, 6) is -0.131. The van der Waals surface area contributed by atoms with Gasteiger partial charge >= 0.3 is 0 Å². The van der Waals surface area contributed by atoms with Crippen molar-refractivity contribution in [1.82, 2.24) is 10.2 Å². The summed E-state index contributed by atoms with van der Waals surface area (Å²) in [6.45, 7) is 4.76. The first-order valence-corrected chi connectivity index (χ1v) is 7.95. The van der Waals surface area contributed by atoms with Crippen LogP contribution in [-0.4, -0.2) is 36.1 Å². The normalized spacial score (nSPS) is 28.3. The molecule has 0 bridgehead atoms. The first-order valence-electron chi connectivity index (χ1n) is 7.95. The summed E-state index contributed by atoms with van der Waals surface area (Å²) >= 11 is 0. The zero-order valence-electron chi connectivity index (χ0n) is 12.3. The van der Waals surface area contributed by atoms with Crippen molar-refractivity contribution in [3.8, 4) is 0 Å². The fourth-order valence-corrected chi connectivity index (χ4v) is 3.85. The van der Waals surface area contributed by atoms with Gasteiger partial charge in [0.1, 0.15) is 5.82 Å². The van der Waals surface area contributed by atoms with Gasteiger partial charge in [-0.3, -0.25) is 0 Å². The lowest BCUT2D eigenvalue weighted by Gasteiger charge is -2.36. The van der Waals surface area contributed by atoms with Crippen LogP contribution in [0.5, 0.6) is 0 Å². The van der Waals surface area contributed by atoms with Gasteiger partial charge < -0.3 is 10.2 Å². The highest BCUT2D eigenvalue weighted by Gasteiger charge is 2.31. The Morgan fingerprint density at radius 3 is 3.10 bits per heavy atom. The van der Waals surface area contributed by atoms with E-state index in [0.29, 0.717) is 12.1 Å². The molecule has 2 aliphatic heterocycles. The van der Waals surface area contributed by atoms with E-state index in [2.05, 4.69) is 17.1 Å². The highest BCUT2D eigenvalue weighted by Crippen LogP contribution is 2.27. The number of nitrogens with zero attached hydrogens (tertiary/aromatic N) is 1. The molecule has 0 radical (unpaired) electrons. The Morgan fingerprint density at radius 1 is 1.35 bits per heavy atom. The van der Waals surface area contributed by atoms with Gasteiger partial charge in [-0.2, -0.15) is 0 Å². The fourth-order valence-electron chi connectivity index (χ4n) is 3.85. The zero-order valence-corrected chi connectivity index (χ0v) is 12.3. The largest absolute Gasteiger partial charge is 0.311 e. The first kappa shape index (κ1) is 14.0. The van der Waals surface area contributed by atoms with Crippen LogP contribution in [0.2, 0.25) is 0 Å². The second kappa shape index (κ2) is 6.23. The molecule has 0 saturated carbocycles. The molecule has 0 aromatic heterocycles. The molecule has 1 N–H and O–H groups in total. The molecule has 1 aromatic rings. The number of fused-ring (bicyclic) bond motifs is 1. The first-order chi connectivity index (χ1) is 9.70. The SMILES string of the molecule is CC(Cc1cccc(F)c1)NC1CCN2CCCC2C1. The van der Waals surface area contributed by atoms with E-state index >= 15 is 0 Å². The monoisotopic (exact) mass is 276 g/mol. The molecule has 2 fully saturated rings. The van der Waals surface area contributed by atoms with Crippen molar-refractivity contribution in [1.29, 1.82) is 0 Å². The van der Waals surface area contributed by atoms with Gasteiger partial charge in [-0.15, -0.1) is 0 Å². The predicted molar refractivity (Wildman–Crippen MR) is 80.3 cm³/mol. The smallest absolute Gasteiger partial charge is 0.123 e. The molecule has 2 heterocycles. The molecule has 2 aliphatic rings. The van der Waals surface area contributed by atoms with Crippen LogP contribution in [0.3, 0.4) is 0 Å². The molecule has 20 heavy (non-hydrogen) atoms. The highest BCUT2D eigenvalue weighted by molar-refractivity contribution is 5.17. The predicted octanol–water partition coefficient (Wildman–Crippen LogP) is 2.97. The molecule has 2 saturated heterocycles. The van der Waals surface area contributed by atoms with E-state index in [4.69, 9.17) is 0 Å². The van der Waals surface area contributed by atoms with Gasteiger partial charge in [0.05, 0.1) is 0 Å². The second-order valence-electron chi connectivity index (χ2n) is 6.46. The lowest BCUT2D eigenvalue weighted by Crippen LogP contribution is -2.48. The van der Waals surface area contributed by atoms with Crippen LogP contribution in [0.15, 0.2) is 24.3 Å². The van der Waals surface area contributed by atoms with Crippen molar-refractivity contribution in [2.24, 2.45) is 0 Å². The van der Waals surface area contributed by atoms with Gasteiger partial charge in [0.25, 0.3) is 0 Å². The summed E-state index contributed by atoms with van der Waals surface area (Å²) in [6.07, 6.45) is 6.19. The molecular weight excluding hydrogens is 251 g/mol. The minimum atomic E-state index is -0.131. The zero-order chi connectivity index (χ0) is 13.9. The number of nitrogens with one attached hydrogen (secondary N) is 1. The molecule has 3 rings (SSSR count). The van der Waals surface area contributed by atoms with E-state index in [1.165, 1.54) is 44.8 Å². The maximum Gasteiger partial charge on any atom is 0.123 e. The number of hydrogen-bond donors (Lipinski definition) is 1. The van der Waals surface area contributed by atoms with Gasteiger partial charge in [-0.05, 0) is 69.8 Å². The Hall–Kier alpha value is -0.930. The minimum absolute atomic E-state index is 0.131. The van der Waals surface area contributed by atoms with Gasteiger partial charge in [0.15, 0.2) is 0 Å². The van der Waals surface area contributed by atoms with Crippen LogP contribution >= 0.6 is 0 Å². The van der Waals surface area contributed by atoms with E-state index in [-0.39, 0.29) is 5.82 Å². The Balaban J connectivity index is 1.50. The average Bonchev–Trinajstić information content (AvgIpc) is 2.86. The van der Waals surface area contributed by atoms with Gasteiger partial charge in [0, 0.05) is 18.1 Å². The third kappa shape index (κ3) is 3.39. The van der Waals surface area contributed by atoms with Crippen LogP contribution in [0.25, 0.3) is 0 Å². The van der Waals surface area contributed by atoms with Crippen LogP contribution < -0.4 is 5.32 Å². The lowest BCUT2D eigenvalue weighted by molar-refractivity contribution is 0.162. The van der Waals surface area contributed by atoms with Crippen molar-refractivity contribution in [3.63, 3.8) is 0 Å². The molecule has 2 nitrogen and oxygen atoms in total. The van der Waals surface area contributed by atoms with Crippen LogP contribution in [0, 0.1) is 5.82 Å². The van der Waals surface area contributed by atoms with Gasteiger partial charge in [-0.25, -0.2) is 4.39 Å². The van der Waals surface area contributed by atoms with Crippen LogP contribution in [0.4, 0.5) is 4.39 Å². The Labute approximate surface area is 121 Å². The van der Waals surface area contributed by atoms with E-state index < -0.39 is 0 Å². The maximum absolute atomic E-state index is 13.2. The van der Waals surface area contributed by atoms with Crippen molar-refractivity contribution >= 4 is 0 Å². The van der Waals surface area contributed by atoms with E-state index in [0.717, 1.165) is 18.0 Å². The minimum Gasteiger partial charge on any atom is -0.311 e. The summed E-state index contributed by atoms with van der Waals surface area (Å²) < 4.78 is 13.2. The van der Waals surface area contributed by atoms with E-state index in [1.807, 2.05) is 6.07 Å². The third-order valence-electron chi connectivity index (χ3n) is 4.77. The van der Waals surface area contributed by atoms with Gasteiger partial charge in [-0.1, -0.05) is 12.1 Å². The van der Waals surface area contributed by atoms with Crippen LogP contribution in [0.1, 0.15) is 38.2 Å². The quantitative estimate of drug-likeness (QED) is 0.909. The average molecular weight is 276 g/mol. The Morgan fingerprint density at radius 2 is 2.25 bits per heavy atom. The lowest BCUT2D eigenvalue weighted by atomic mass is 9.96. The molecule has 0 aliphatic carbocycles. The Bertz CT molecular complexity index is 448. The molecule has 3 unspecified atom stereocenters. The summed E-state index contributed by atoms with van der Waals surface area (Å²) in [7, 11) is 0. The van der Waals surface area contributed by atoms with E-state index in [1.54, 1.807) is 12.1 Å². The van der Waals surface area contributed by atoms with Gasteiger partial charge in [0.2, 0.25) is 0 Å². The number of benzene rings is 1. The number of hydrogen-bond acceptors (Lipinski definition) is 2. The molecule has 0 spiro atoms. The molecule has 110 valence electrons. The summed E-state index contributed by atoms with van der Waals surface area (Å²) in [5.41, 5.74) is 1.09. The summed E-state index contributed by atoms with van der Waals surface area (Å²) in [6, 6.07) is 8.83. The third-order valence-corrected chi connectivity index (χ3v) is 4.77. The Kier molecular flexibility index (Phi) is 4.37. The molecule has 3 atom stereocenters.